The average molecular weight is 326 g/mol. The number of rotatable bonds is 5. The van der Waals surface area contributed by atoms with Gasteiger partial charge in [0.15, 0.2) is 0 Å². The van der Waals surface area contributed by atoms with Crippen molar-refractivity contribution in [2.75, 3.05) is 5.32 Å². The van der Waals surface area contributed by atoms with E-state index in [9.17, 15) is 9.59 Å². The van der Waals surface area contributed by atoms with Gasteiger partial charge < -0.3 is 15.1 Å². The van der Waals surface area contributed by atoms with Crippen LogP contribution in [-0.4, -0.2) is 11.8 Å². The van der Waals surface area contributed by atoms with Crippen molar-refractivity contribution in [3.63, 3.8) is 0 Å². The van der Waals surface area contributed by atoms with E-state index in [2.05, 4.69) is 10.6 Å². The van der Waals surface area contributed by atoms with Crippen LogP contribution in [-0.2, 0) is 11.3 Å². The lowest BCUT2D eigenvalue weighted by atomic mass is 9.88. The van der Waals surface area contributed by atoms with Gasteiger partial charge in [0.25, 0.3) is 5.91 Å². The molecule has 1 fully saturated rings. The quantitative estimate of drug-likeness (QED) is 0.879. The van der Waals surface area contributed by atoms with Crippen molar-refractivity contribution in [3.8, 4) is 0 Å². The molecular formula is C19H22N2O3. The van der Waals surface area contributed by atoms with Gasteiger partial charge in [-0.15, -0.1) is 0 Å². The summed E-state index contributed by atoms with van der Waals surface area (Å²) < 4.78 is 5.19. The third-order valence-corrected chi connectivity index (χ3v) is 4.37. The van der Waals surface area contributed by atoms with Crippen LogP contribution in [0.15, 0.2) is 47.1 Å². The van der Waals surface area contributed by atoms with Gasteiger partial charge in [0.2, 0.25) is 5.91 Å². The summed E-state index contributed by atoms with van der Waals surface area (Å²) in [5, 5.41) is 5.74. The Morgan fingerprint density at radius 2 is 1.92 bits per heavy atom. The molecule has 1 aliphatic carbocycles. The zero-order valence-electron chi connectivity index (χ0n) is 13.6. The van der Waals surface area contributed by atoms with E-state index in [1.54, 1.807) is 36.6 Å². The summed E-state index contributed by atoms with van der Waals surface area (Å²) in [6, 6.07) is 10.6. The molecule has 0 radical (unpaired) electrons. The number of carbonyl (C=O) groups is 2. The molecule has 5 nitrogen and oxygen atoms in total. The summed E-state index contributed by atoms with van der Waals surface area (Å²) in [5.74, 6) is 0.656. The predicted molar refractivity (Wildman–Crippen MR) is 91.5 cm³/mol. The largest absolute Gasteiger partial charge is 0.467 e. The third kappa shape index (κ3) is 4.25. The molecule has 2 aromatic rings. The van der Waals surface area contributed by atoms with Gasteiger partial charge >= 0.3 is 0 Å². The predicted octanol–water partition coefficient (Wildman–Crippen LogP) is 3.73. The highest BCUT2D eigenvalue weighted by Crippen LogP contribution is 2.25. The smallest absolute Gasteiger partial charge is 0.251 e. The average Bonchev–Trinajstić information content (AvgIpc) is 3.14. The Hall–Kier alpha value is -2.56. The summed E-state index contributed by atoms with van der Waals surface area (Å²) in [6.07, 6.45) is 6.93. The second-order valence-corrected chi connectivity index (χ2v) is 6.17. The van der Waals surface area contributed by atoms with Crippen LogP contribution in [0, 0.1) is 5.92 Å². The normalized spacial score (nSPS) is 15.0. The standard InChI is InChI=1S/C19H22N2O3/c22-18(20-13-17-10-5-11-24-17)15-8-4-9-16(12-15)21-19(23)14-6-2-1-3-7-14/h4-5,8-12,14H,1-3,6-7,13H2,(H,20,22)(H,21,23). The van der Waals surface area contributed by atoms with Crippen LogP contribution in [0.5, 0.6) is 0 Å². The van der Waals surface area contributed by atoms with Crippen LogP contribution in [0.4, 0.5) is 5.69 Å². The van der Waals surface area contributed by atoms with Gasteiger partial charge in [0.05, 0.1) is 12.8 Å². The lowest BCUT2D eigenvalue weighted by Gasteiger charge is -2.20. The first-order chi connectivity index (χ1) is 11.7. The van der Waals surface area contributed by atoms with Crippen molar-refractivity contribution in [3.05, 3.63) is 54.0 Å². The zero-order valence-corrected chi connectivity index (χ0v) is 13.6. The van der Waals surface area contributed by atoms with Crippen LogP contribution in [0.2, 0.25) is 0 Å². The van der Waals surface area contributed by atoms with Gasteiger partial charge in [0, 0.05) is 17.2 Å². The number of anilines is 1. The Balaban J connectivity index is 1.58. The molecule has 2 amide bonds. The zero-order chi connectivity index (χ0) is 16.8. The first kappa shape index (κ1) is 16.3. The Labute approximate surface area is 141 Å². The maximum absolute atomic E-state index is 12.3. The van der Waals surface area contributed by atoms with Crippen molar-refractivity contribution in [2.45, 2.75) is 38.6 Å². The highest BCUT2D eigenvalue weighted by molar-refractivity contribution is 5.97. The SMILES string of the molecule is O=C(NCc1ccco1)c1cccc(NC(=O)C2CCCCC2)c1. The summed E-state index contributed by atoms with van der Waals surface area (Å²) in [7, 11) is 0. The molecule has 126 valence electrons. The Morgan fingerprint density at radius 3 is 2.67 bits per heavy atom. The Bertz CT molecular complexity index is 688. The number of benzene rings is 1. The summed E-state index contributed by atoms with van der Waals surface area (Å²) in [5.41, 5.74) is 1.18. The number of nitrogens with one attached hydrogen (secondary N) is 2. The number of hydrogen-bond donors (Lipinski definition) is 2. The van der Waals surface area contributed by atoms with Crippen molar-refractivity contribution in [2.24, 2.45) is 5.92 Å². The minimum atomic E-state index is -0.194. The highest BCUT2D eigenvalue weighted by atomic mass is 16.3. The van der Waals surface area contributed by atoms with Crippen LogP contribution in [0.3, 0.4) is 0 Å². The van der Waals surface area contributed by atoms with E-state index in [1.165, 1.54) is 6.42 Å². The van der Waals surface area contributed by atoms with Gasteiger partial charge in [0.1, 0.15) is 5.76 Å². The second-order valence-electron chi connectivity index (χ2n) is 6.17. The molecule has 5 heteroatoms. The third-order valence-electron chi connectivity index (χ3n) is 4.37. The van der Waals surface area contributed by atoms with Crippen molar-refractivity contribution in [1.29, 1.82) is 0 Å². The van der Waals surface area contributed by atoms with E-state index in [4.69, 9.17) is 4.42 Å². The fourth-order valence-electron chi connectivity index (χ4n) is 3.03. The minimum absolute atomic E-state index is 0.0582. The van der Waals surface area contributed by atoms with E-state index in [0.717, 1.165) is 25.7 Å². The molecule has 1 aromatic heterocycles. The Morgan fingerprint density at radius 1 is 1.08 bits per heavy atom. The molecule has 1 aromatic carbocycles. The Kier molecular flexibility index (Phi) is 5.31. The van der Waals surface area contributed by atoms with Crippen LogP contribution in [0.1, 0.15) is 48.2 Å². The first-order valence-electron chi connectivity index (χ1n) is 8.44. The molecule has 0 aliphatic heterocycles. The van der Waals surface area contributed by atoms with E-state index < -0.39 is 0 Å². The molecule has 0 spiro atoms. The number of amides is 2. The molecule has 3 rings (SSSR count). The van der Waals surface area contributed by atoms with Gasteiger partial charge in [-0.1, -0.05) is 25.3 Å². The number of furan rings is 1. The molecule has 1 aliphatic rings. The summed E-state index contributed by atoms with van der Waals surface area (Å²) in [6.45, 7) is 0.338. The topological polar surface area (TPSA) is 71.3 Å². The highest BCUT2D eigenvalue weighted by Gasteiger charge is 2.21. The monoisotopic (exact) mass is 326 g/mol. The van der Waals surface area contributed by atoms with Gasteiger partial charge in [-0.3, -0.25) is 9.59 Å². The van der Waals surface area contributed by atoms with Gasteiger partial charge in [-0.2, -0.15) is 0 Å². The minimum Gasteiger partial charge on any atom is -0.467 e. The molecule has 1 heterocycles. The lowest BCUT2D eigenvalue weighted by Crippen LogP contribution is -2.25. The summed E-state index contributed by atoms with van der Waals surface area (Å²) >= 11 is 0. The molecule has 0 atom stereocenters. The molecule has 2 N–H and O–H groups in total. The van der Waals surface area contributed by atoms with Crippen LogP contribution < -0.4 is 10.6 Å². The van der Waals surface area contributed by atoms with Crippen LogP contribution in [0.25, 0.3) is 0 Å². The lowest BCUT2D eigenvalue weighted by molar-refractivity contribution is -0.120. The van der Waals surface area contributed by atoms with Crippen molar-refractivity contribution in [1.82, 2.24) is 5.32 Å². The van der Waals surface area contributed by atoms with Crippen LogP contribution >= 0.6 is 0 Å². The van der Waals surface area contributed by atoms with E-state index >= 15 is 0 Å². The molecule has 0 unspecified atom stereocenters. The molecule has 1 saturated carbocycles. The van der Waals surface area contributed by atoms with Gasteiger partial charge in [-0.25, -0.2) is 0 Å². The van der Waals surface area contributed by atoms with Crippen molar-refractivity contribution < 1.29 is 14.0 Å². The summed E-state index contributed by atoms with van der Waals surface area (Å²) in [4.78, 5) is 24.5. The molecule has 0 saturated heterocycles. The van der Waals surface area contributed by atoms with E-state index in [1.807, 2.05) is 6.07 Å². The van der Waals surface area contributed by atoms with Crippen molar-refractivity contribution >= 4 is 17.5 Å². The molecular weight excluding hydrogens is 304 g/mol. The fraction of sp³-hybridized carbons (Fsp3) is 0.368. The van der Waals surface area contributed by atoms with Gasteiger partial charge in [-0.05, 0) is 43.2 Å². The maximum Gasteiger partial charge on any atom is 0.251 e. The maximum atomic E-state index is 12.3. The van der Waals surface area contributed by atoms with E-state index in [-0.39, 0.29) is 17.7 Å². The number of hydrogen-bond acceptors (Lipinski definition) is 3. The first-order valence-corrected chi connectivity index (χ1v) is 8.44. The molecule has 0 bridgehead atoms. The fourth-order valence-corrected chi connectivity index (χ4v) is 3.03. The second kappa shape index (κ2) is 7.81. The molecule has 24 heavy (non-hydrogen) atoms. The number of carbonyl (C=O) groups excluding carboxylic acids is 2. The van der Waals surface area contributed by atoms with E-state index in [0.29, 0.717) is 23.6 Å².